The van der Waals surface area contributed by atoms with Gasteiger partial charge < -0.3 is 10.2 Å². The van der Waals surface area contributed by atoms with Crippen LogP contribution in [0.2, 0.25) is 0 Å². The Labute approximate surface area is 139 Å². The smallest absolute Gasteiger partial charge is 0.244 e. The van der Waals surface area contributed by atoms with E-state index in [2.05, 4.69) is 5.32 Å². The minimum Gasteiger partial charge on any atom is -0.329 e. The molecule has 0 atom stereocenters. The van der Waals surface area contributed by atoms with E-state index in [1.807, 2.05) is 31.2 Å². The normalized spacial score (nSPS) is 10.3. The molecule has 0 radical (unpaired) electrons. The number of nitrogens with zero attached hydrogens (tertiary/aromatic N) is 1. The third-order valence-electron chi connectivity index (χ3n) is 3.50. The summed E-state index contributed by atoms with van der Waals surface area (Å²) >= 11 is 0. The van der Waals surface area contributed by atoms with Crippen LogP contribution in [-0.2, 0) is 16.1 Å². The van der Waals surface area contributed by atoms with E-state index in [0.717, 1.165) is 23.3 Å². The average Bonchev–Trinajstić information content (AvgIpc) is 2.52. The Balaban J connectivity index is 2.06. The number of rotatable bonds is 5. The third-order valence-corrected chi connectivity index (χ3v) is 3.50. The quantitative estimate of drug-likeness (QED) is 0.914. The summed E-state index contributed by atoms with van der Waals surface area (Å²) < 4.78 is 27.1. The summed E-state index contributed by atoms with van der Waals surface area (Å²) in [6.07, 6.45) is 0. The molecule has 6 heteroatoms. The Morgan fingerprint density at radius 3 is 2.17 bits per heavy atom. The van der Waals surface area contributed by atoms with Crippen molar-refractivity contribution in [2.45, 2.75) is 20.4 Å². The molecule has 0 saturated heterocycles. The zero-order valence-electron chi connectivity index (χ0n) is 13.5. The van der Waals surface area contributed by atoms with Crippen LogP contribution in [0.25, 0.3) is 0 Å². The van der Waals surface area contributed by atoms with Crippen molar-refractivity contribution in [3.63, 3.8) is 0 Å². The summed E-state index contributed by atoms with van der Waals surface area (Å²) in [4.78, 5) is 25.1. The predicted molar refractivity (Wildman–Crippen MR) is 87.3 cm³/mol. The average molecular weight is 332 g/mol. The lowest BCUT2D eigenvalue weighted by molar-refractivity contribution is -0.133. The van der Waals surface area contributed by atoms with Crippen molar-refractivity contribution in [2.75, 3.05) is 11.9 Å². The number of benzene rings is 2. The van der Waals surface area contributed by atoms with Gasteiger partial charge in [-0.3, -0.25) is 9.59 Å². The van der Waals surface area contributed by atoms with Gasteiger partial charge in [0.15, 0.2) is 0 Å². The monoisotopic (exact) mass is 332 g/mol. The third kappa shape index (κ3) is 4.62. The summed E-state index contributed by atoms with van der Waals surface area (Å²) in [5.41, 5.74) is 1.43. The standard InChI is InChI=1S/C18H18F2N2O2/c1-12-6-8-14(9-7-12)10-22(13(2)23)11-17(24)21-18-15(19)4-3-5-16(18)20/h3-9H,10-11H2,1-2H3,(H,21,24). The number of nitrogens with one attached hydrogen (secondary N) is 1. The maximum atomic E-state index is 13.6. The van der Waals surface area contributed by atoms with Crippen molar-refractivity contribution < 1.29 is 18.4 Å². The minimum absolute atomic E-state index is 0.239. The SMILES string of the molecule is CC(=O)N(CC(=O)Nc1c(F)cccc1F)Cc1ccc(C)cc1. The Kier molecular flexibility index (Phi) is 5.63. The van der Waals surface area contributed by atoms with Crippen molar-refractivity contribution in [3.05, 3.63) is 65.2 Å². The minimum atomic E-state index is -0.865. The highest BCUT2D eigenvalue weighted by Crippen LogP contribution is 2.18. The first-order valence-corrected chi connectivity index (χ1v) is 7.41. The fourth-order valence-electron chi connectivity index (χ4n) is 2.16. The van der Waals surface area contributed by atoms with Crippen LogP contribution < -0.4 is 5.32 Å². The summed E-state index contributed by atoms with van der Waals surface area (Å²) in [6, 6.07) is 10.8. The van der Waals surface area contributed by atoms with Crippen LogP contribution in [0.1, 0.15) is 18.1 Å². The first-order valence-electron chi connectivity index (χ1n) is 7.41. The van der Waals surface area contributed by atoms with Crippen molar-refractivity contribution in [3.8, 4) is 0 Å². The Bertz CT molecular complexity index is 725. The van der Waals surface area contributed by atoms with Gasteiger partial charge in [-0.15, -0.1) is 0 Å². The second-order valence-corrected chi connectivity index (χ2v) is 5.51. The molecule has 0 saturated carbocycles. The molecule has 126 valence electrons. The number of hydrogen-bond donors (Lipinski definition) is 1. The molecule has 0 aliphatic rings. The van der Waals surface area contributed by atoms with Crippen molar-refractivity contribution in [1.82, 2.24) is 4.90 Å². The van der Waals surface area contributed by atoms with Crippen LogP contribution in [0.5, 0.6) is 0 Å². The van der Waals surface area contributed by atoms with Gasteiger partial charge in [0.25, 0.3) is 0 Å². The fraction of sp³-hybridized carbons (Fsp3) is 0.222. The fourth-order valence-corrected chi connectivity index (χ4v) is 2.16. The summed E-state index contributed by atoms with van der Waals surface area (Å²) in [5.74, 6) is -2.70. The first kappa shape index (κ1) is 17.6. The number of para-hydroxylation sites is 1. The van der Waals surface area contributed by atoms with E-state index < -0.39 is 23.2 Å². The van der Waals surface area contributed by atoms with Crippen LogP contribution in [0.4, 0.5) is 14.5 Å². The zero-order valence-corrected chi connectivity index (χ0v) is 13.5. The first-order chi connectivity index (χ1) is 11.4. The molecule has 1 N–H and O–H groups in total. The van der Waals surface area contributed by atoms with Crippen LogP contribution in [-0.4, -0.2) is 23.3 Å². The number of anilines is 1. The highest BCUT2D eigenvalue weighted by Gasteiger charge is 2.17. The maximum absolute atomic E-state index is 13.6. The molecule has 4 nitrogen and oxygen atoms in total. The molecule has 2 aromatic rings. The molecule has 2 rings (SSSR count). The number of carbonyl (C=O) groups is 2. The molecule has 0 heterocycles. The van der Waals surface area contributed by atoms with Gasteiger partial charge in [-0.25, -0.2) is 8.78 Å². The molecule has 0 aromatic heterocycles. The van der Waals surface area contributed by atoms with Gasteiger partial charge in [-0.05, 0) is 24.6 Å². The van der Waals surface area contributed by atoms with E-state index in [9.17, 15) is 18.4 Å². The Morgan fingerprint density at radius 2 is 1.62 bits per heavy atom. The van der Waals surface area contributed by atoms with Gasteiger partial charge in [-0.1, -0.05) is 35.9 Å². The van der Waals surface area contributed by atoms with Gasteiger partial charge in [0, 0.05) is 13.5 Å². The topological polar surface area (TPSA) is 49.4 Å². The van der Waals surface area contributed by atoms with Crippen LogP contribution >= 0.6 is 0 Å². The van der Waals surface area contributed by atoms with E-state index >= 15 is 0 Å². The molecule has 0 aliphatic heterocycles. The molecule has 2 aromatic carbocycles. The van der Waals surface area contributed by atoms with Gasteiger partial charge in [0.2, 0.25) is 11.8 Å². The number of hydrogen-bond acceptors (Lipinski definition) is 2. The van der Waals surface area contributed by atoms with Crippen molar-refractivity contribution in [2.24, 2.45) is 0 Å². The lowest BCUT2D eigenvalue weighted by Crippen LogP contribution is -2.36. The molecular weight excluding hydrogens is 314 g/mol. The van der Waals surface area contributed by atoms with Crippen molar-refractivity contribution in [1.29, 1.82) is 0 Å². The molecule has 0 aliphatic carbocycles. The number of halogens is 2. The molecule has 24 heavy (non-hydrogen) atoms. The Morgan fingerprint density at radius 1 is 1.04 bits per heavy atom. The van der Waals surface area contributed by atoms with E-state index in [4.69, 9.17) is 0 Å². The number of carbonyl (C=O) groups excluding carboxylic acids is 2. The summed E-state index contributed by atoms with van der Waals surface area (Å²) in [5, 5.41) is 2.18. The number of amides is 2. The lowest BCUT2D eigenvalue weighted by atomic mass is 10.1. The van der Waals surface area contributed by atoms with Gasteiger partial charge in [-0.2, -0.15) is 0 Å². The van der Waals surface area contributed by atoms with Crippen molar-refractivity contribution >= 4 is 17.5 Å². The second-order valence-electron chi connectivity index (χ2n) is 5.51. The summed E-state index contributed by atoms with van der Waals surface area (Å²) in [7, 11) is 0. The van der Waals surface area contributed by atoms with Gasteiger partial charge >= 0.3 is 0 Å². The molecule has 0 bridgehead atoms. The molecular formula is C18H18F2N2O2. The maximum Gasteiger partial charge on any atom is 0.244 e. The van der Waals surface area contributed by atoms with E-state index in [0.29, 0.717) is 0 Å². The molecule has 0 spiro atoms. The predicted octanol–water partition coefficient (Wildman–Crippen LogP) is 3.26. The largest absolute Gasteiger partial charge is 0.329 e. The Hall–Kier alpha value is -2.76. The highest BCUT2D eigenvalue weighted by molar-refractivity contribution is 5.94. The molecule has 0 unspecified atom stereocenters. The van der Waals surface area contributed by atoms with Crippen LogP contribution in [0.3, 0.4) is 0 Å². The van der Waals surface area contributed by atoms with E-state index in [1.54, 1.807) is 0 Å². The van der Waals surface area contributed by atoms with Gasteiger partial charge in [0.1, 0.15) is 23.9 Å². The summed E-state index contributed by atoms with van der Waals surface area (Å²) in [6.45, 7) is 3.23. The van der Waals surface area contributed by atoms with E-state index in [-0.39, 0.29) is 19.0 Å². The van der Waals surface area contributed by atoms with Gasteiger partial charge in [0.05, 0.1) is 0 Å². The highest BCUT2D eigenvalue weighted by atomic mass is 19.1. The van der Waals surface area contributed by atoms with E-state index in [1.165, 1.54) is 17.9 Å². The molecule has 2 amide bonds. The second kappa shape index (κ2) is 7.68. The zero-order chi connectivity index (χ0) is 17.7. The number of aryl methyl sites for hydroxylation is 1. The van der Waals surface area contributed by atoms with Crippen LogP contribution in [0.15, 0.2) is 42.5 Å². The lowest BCUT2D eigenvalue weighted by Gasteiger charge is -2.21. The molecule has 0 fully saturated rings. The van der Waals surface area contributed by atoms with Crippen LogP contribution in [0, 0.1) is 18.6 Å².